The van der Waals surface area contributed by atoms with Crippen molar-refractivity contribution >= 4 is 29.9 Å². The molecule has 31 heavy (non-hydrogen) atoms. The van der Waals surface area contributed by atoms with Crippen LogP contribution in [0.25, 0.3) is 0 Å². The lowest BCUT2D eigenvalue weighted by Crippen LogP contribution is -2.37. The molecule has 7 heteroatoms. The van der Waals surface area contributed by atoms with E-state index in [0.717, 1.165) is 30.5 Å². The highest BCUT2D eigenvalue weighted by atomic mass is 127. The molecular formula is C24H38IN5O. The van der Waals surface area contributed by atoms with E-state index < -0.39 is 0 Å². The number of hydrogen-bond acceptors (Lipinski definition) is 4. The molecule has 1 saturated carbocycles. The van der Waals surface area contributed by atoms with Crippen LogP contribution in [0.2, 0.25) is 0 Å². The van der Waals surface area contributed by atoms with Crippen LogP contribution in [-0.2, 0) is 19.6 Å². The standard InChI is InChI=1S/C24H37N5O.HI/c1-18(2)23-14-22(30-28-23)16-27-24(25-3)26-15-19-10-8-9-11-20(19)17-29(4)21-12-6-5-7-13-21;/h8-11,14,18,21H,5-7,12-13,15-17H2,1-4H3,(H2,25,26,27);1H. The molecular weight excluding hydrogens is 501 g/mol. The fourth-order valence-electron chi connectivity index (χ4n) is 4.06. The van der Waals surface area contributed by atoms with Gasteiger partial charge in [-0.15, -0.1) is 24.0 Å². The van der Waals surface area contributed by atoms with Crippen LogP contribution in [-0.4, -0.2) is 36.2 Å². The van der Waals surface area contributed by atoms with Gasteiger partial charge in [-0.05, 0) is 36.9 Å². The van der Waals surface area contributed by atoms with Crippen LogP contribution in [0.15, 0.2) is 39.8 Å². The average molecular weight is 540 g/mol. The van der Waals surface area contributed by atoms with Gasteiger partial charge < -0.3 is 15.2 Å². The van der Waals surface area contributed by atoms with E-state index >= 15 is 0 Å². The van der Waals surface area contributed by atoms with E-state index in [-0.39, 0.29) is 24.0 Å². The van der Waals surface area contributed by atoms with Gasteiger partial charge in [-0.3, -0.25) is 9.89 Å². The molecule has 172 valence electrons. The van der Waals surface area contributed by atoms with Crippen LogP contribution in [0, 0.1) is 0 Å². The van der Waals surface area contributed by atoms with Gasteiger partial charge in [0.1, 0.15) is 0 Å². The third-order valence-electron chi connectivity index (χ3n) is 6.00. The van der Waals surface area contributed by atoms with Crippen molar-refractivity contribution in [1.29, 1.82) is 0 Å². The van der Waals surface area contributed by atoms with Crippen molar-refractivity contribution in [3.8, 4) is 0 Å². The molecule has 2 aromatic rings. The molecule has 6 nitrogen and oxygen atoms in total. The zero-order valence-electron chi connectivity index (χ0n) is 19.4. The molecule has 2 N–H and O–H groups in total. The Labute approximate surface area is 204 Å². The van der Waals surface area contributed by atoms with Crippen LogP contribution in [0.5, 0.6) is 0 Å². The average Bonchev–Trinajstić information content (AvgIpc) is 3.25. The Bertz CT molecular complexity index is 814. The molecule has 0 bridgehead atoms. The van der Waals surface area contributed by atoms with Crippen LogP contribution >= 0.6 is 24.0 Å². The van der Waals surface area contributed by atoms with Gasteiger partial charge in [0.05, 0.1) is 12.2 Å². The maximum atomic E-state index is 5.40. The second kappa shape index (κ2) is 13.1. The second-order valence-electron chi connectivity index (χ2n) is 8.63. The topological polar surface area (TPSA) is 65.7 Å². The molecule has 0 saturated heterocycles. The first-order chi connectivity index (χ1) is 14.6. The summed E-state index contributed by atoms with van der Waals surface area (Å²) in [7, 11) is 4.06. The van der Waals surface area contributed by atoms with Gasteiger partial charge in [-0.2, -0.15) is 0 Å². The predicted molar refractivity (Wildman–Crippen MR) is 138 cm³/mol. The molecule has 1 fully saturated rings. The van der Waals surface area contributed by atoms with Gasteiger partial charge in [0, 0.05) is 32.2 Å². The number of hydrogen-bond donors (Lipinski definition) is 2. The first kappa shape index (κ1) is 25.6. The lowest BCUT2D eigenvalue weighted by molar-refractivity contribution is 0.184. The largest absolute Gasteiger partial charge is 0.359 e. The van der Waals surface area contributed by atoms with Gasteiger partial charge in [0.2, 0.25) is 0 Å². The minimum absolute atomic E-state index is 0. The minimum Gasteiger partial charge on any atom is -0.359 e. The number of rotatable bonds is 8. The predicted octanol–water partition coefficient (Wildman–Crippen LogP) is 5.05. The normalized spacial score (nSPS) is 15.2. The molecule has 1 aliphatic rings. The summed E-state index contributed by atoms with van der Waals surface area (Å²) in [6.45, 7) is 6.51. The molecule has 1 aromatic carbocycles. The van der Waals surface area contributed by atoms with Crippen molar-refractivity contribution in [2.45, 2.75) is 77.5 Å². The second-order valence-corrected chi connectivity index (χ2v) is 8.63. The number of aromatic nitrogens is 1. The number of aliphatic imine (C=N–C) groups is 1. The van der Waals surface area contributed by atoms with Crippen molar-refractivity contribution < 1.29 is 4.52 Å². The summed E-state index contributed by atoms with van der Waals surface area (Å²) in [6, 6.07) is 11.4. The molecule has 3 rings (SSSR count). The highest BCUT2D eigenvalue weighted by Gasteiger charge is 2.18. The van der Waals surface area contributed by atoms with E-state index in [0.29, 0.717) is 18.5 Å². The maximum Gasteiger partial charge on any atom is 0.191 e. The lowest BCUT2D eigenvalue weighted by Gasteiger charge is -2.31. The zero-order valence-corrected chi connectivity index (χ0v) is 21.7. The Hall–Kier alpha value is -1.61. The van der Waals surface area contributed by atoms with E-state index in [9.17, 15) is 0 Å². The van der Waals surface area contributed by atoms with E-state index in [1.165, 1.54) is 43.2 Å². The van der Waals surface area contributed by atoms with Crippen molar-refractivity contribution in [2.24, 2.45) is 4.99 Å². The lowest BCUT2D eigenvalue weighted by atomic mass is 9.94. The van der Waals surface area contributed by atoms with Gasteiger partial charge >= 0.3 is 0 Å². The molecule has 0 spiro atoms. The Morgan fingerprint density at radius 2 is 1.81 bits per heavy atom. The van der Waals surface area contributed by atoms with Gasteiger partial charge in [-0.25, -0.2) is 0 Å². The van der Waals surface area contributed by atoms with E-state index in [1.54, 1.807) is 7.05 Å². The number of benzene rings is 1. The van der Waals surface area contributed by atoms with Crippen LogP contribution in [0.3, 0.4) is 0 Å². The van der Waals surface area contributed by atoms with Gasteiger partial charge in [0.15, 0.2) is 11.7 Å². The summed E-state index contributed by atoms with van der Waals surface area (Å²) in [4.78, 5) is 6.88. The summed E-state index contributed by atoms with van der Waals surface area (Å²) in [6.07, 6.45) is 6.78. The Balaban J connectivity index is 0.00000341. The van der Waals surface area contributed by atoms with Gasteiger partial charge in [0.25, 0.3) is 0 Å². The minimum atomic E-state index is 0. The van der Waals surface area contributed by atoms with E-state index in [2.05, 4.69) is 70.8 Å². The zero-order chi connectivity index (χ0) is 21.3. The fraction of sp³-hybridized carbons (Fsp3) is 0.583. The fourth-order valence-corrected chi connectivity index (χ4v) is 4.06. The number of nitrogens with one attached hydrogen (secondary N) is 2. The van der Waals surface area contributed by atoms with E-state index in [4.69, 9.17) is 4.52 Å². The van der Waals surface area contributed by atoms with Crippen molar-refractivity contribution in [3.05, 3.63) is 52.9 Å². The van der Waals surface area contributed by atoms with Crippen LogP contribution in [0.4, 0.5) is 0 Å². The Morgan fingerprint density at radius 3 is 2.45 bits per heavy atom. The Kier molecular flexibility index (Phi) is 10.8. The maximum absolute atomic E-state index is 5.40. The molecule has 1 aromatic heterocycles. The quantitative estimate of drug-likeness (QED) is 0.280. The first-order valence-electron chi connectivity index (χ1n) is 11.2. The molecule has 1 heterocycles. The molecule has 0 atom stereocenters. The summed E-state index contributed by atoms with van der Waals surface area (Å²) in [5, 5.41) is 10.9. The number of halogens is 1. The third kappa shape index (κ3) is 7.79. The smallest absolute Gasteiger partial charge is 0.191 e. The Morgan fingerprint density at radius 1 is 1.13 bits per heavy atom. The van der Waals surface area contributed by atoms with Crippen molar-refractivity contribution in [3.63, 3.8) is 0 Å². The first-order valence-corrected chi connectivity index (χ1v) is 11.2. The van der Waals surface area contributed by atoms with Crippen LogP contribution in [0.1, 0.15) is 74.5 Å². The highest BCUT2D eigenvalue weighted by Crippen LogP contribution is 2.23. The van der Waals surface area contributed by atoms with E-state index in [1.807, 2.05) is 6.07 Å². The molecule has 0 unspecified atom stereocenters. The monoisotopic (exact) mass is 539 g/mol. The number of guanidine groups is 1. The summed E-state index contributed by atoms with van der Waals surface area (Å²) < 4.78 is 5.40. The van der Waals surface area contributed by atoms with Crippen LogP contribution < -0.4 is 10.6 Å². The number of nitrogens with zero attached hydrogens (tertiary/aromatic N) is 3. The summed E-state index contributed by atoms with van der Waals surface area (Å²) in [5.74, 6) is 1.94. The molecule has 1 aliphatic carbocycles. The van der Waals surface area contributed by atoms with Gasteiger partial charge in [-0.1, -0.05) is 62.5 Å². The van der Waals surface area contributed by atoms with Crippen molar-refractivity contribution in [1.82, 2.24) is 20.7 Å². The highest BCUT2D eigenvalue weighted by molar-refractivity contribution is 14.0. The third-order valence-corrected chi connectivity index (χ3v) is 6.00. The summed E-state index contributed by atoms with van der Waals surface area (Å²) >= 11 is 0. The van der Waals surface area contributed by atoms with Crippen molar-refractivity contribution in [2.75, 3.05) is 14.1 Å². The molecule has 0 amide bonds. The SMILES string of the molecule is CN=C(NCc1cc(C(C)C)no1)NCc1ccccc1CN(C)C1CCCCC1.I. The molecule has 0 radical (unpaired) electrons. The molecule has 0 aliphatic heterocycles. The summed E-state index contributed by atoms with van der Waals surface area (Å²) in [5.41, 5.74) is 3.67.